The molecule has 0 heterocycles. The number of carbonyl (C=O) groups excluding carboxylic acids is 1. The van der Waals surface area contributed by atoms with Gasteiger partial charge in [0, 0.05) is 12.1 Å². The number of nitrogens with zero attached hydrogens (tertiary/aromatic N) is 1. The lowest BCUT2D eigenvalue weighted by molar-refractivity contribution is 0.0776. The molecule has 0 saturated heterocycles. The lowest BCUT2D eigenvalue weighted by atomic mass is 10.1. The van der Waals surface area contributed by atoms with Gasteiger partial charge in [-0.1, -0.05) is 18.9 Å². The van der Waals surface area contributed by atoms with Crippen LogP contribution in [0.2, 0.25) is 0 Å². The van der Waals surface area contributed by atoms with Gasteiger partial charge < -0.3 is 10.0 Å². The minimum Gasteiger partial charge on any atom is -0.508 e. The predicted octanol–water partition coefficient (Wildman–Crippen LogP) is 2.19. The van der Waals surface area contributed by atoms with Gasteiger partial charge in [-0.3, -0.25) is 4.79 Å². The normalized spacial score (nSPS) is 9.71. The lowest BCUT2D eigenvalue weighted by Crippen LogP contribution is -2.32. The molecule has 0 aliphatic carbocycles. The second-order valence-electron chi connectivity index (χ2n) is 3.93. The molecule has 0 aliphatic heterocycles. The number of rotatable bonds is 4. The summed E-state index contributed by atoms with van der Waals surface area (Å²) in [6.07, 6.45) is 6.09. The fraction of sp³-hybridized carbons (Fsp3) is 0.357. The van der Waals surface area contributed by atoms with Gasteiger partial charge in [-0.2, -0.15) is 0 Å². The third kappa shape index (κ3) is 3.25. The third-order valence-corrected chi connectivity index (χ3v) is 2.52. The number of aromatic hydroxyl groups is 1. The van der Waals surface area contributed by atoms with E-state index in [0.29, 0.717) is 18.7 Å². The number of benzene rings is 1. The van der Waals surface area contributed by atoms with Crippen LogP contribution in [-0.2, 0) is 0 Å². The summed E-state index contributed by atoms with van der Waals surface area (Å²) in [5, 5.41) is 9.58. The lowest BCUT2D eigenvalue weighted by Gasteiger charge is -2.19. The van der Waals surface area contributed by atoms with Crippen molar-refractivity contribution in [2.24, 2.45) is 0 Å². The van der Waals surface area contributed by atoms with Crippen molar-refractivity contribution >= 4 is 5.91 Å². The fourth-order valence-corrected chi connectivity index (χ4v) is 1.56. The van der Waals surface area contributed by atoms with Gasteiger partial charge in [0.15, 0.2) is 0 Å². The molecular formula is C14H17NO2. The average Bonchev–Trinajstić information content (AvgIpc) is 2.31. The van der Waals surface area contributed by atoms with Crippen LogP contribution >= 0.6 is 0 Å². The smallest absolute Gasteiger partial charge is 0.254 e. The first kappa shape index (κ1) is 13.1. The first-order chi connectivity index (χ1) is 8.10. The Balaban J connectivity index is 2.93. The van der Waals surface area contributed by atoms with E-state index in [9.17, 15) is 9.90 Å². The van der Waals surface area contributed by atoms with E-state index < -0.39 is 0 Å². The van der Waals surface area contributed by atoms with Crippen LogP contribution in [0.25, 0.3) is 0 Å². The molecule has 3 nitrogen and oxygen atoms in total. The first-order valence-electron chi connectivity index (χ1n) is 5.62. The molecule has 1 aromatic rings. The Kier molecular flexibility index (Phi) is 4.59. The minimum atomic E-state index is -0.139. The zero-order valence-electron chi connectivity index (χ0n) is 10.2. The Labute approximate surface area is 102 Å². The summed E-state index contributed by atoms with van der Waals surface area (Å²) in [4.78, 5) is 13.7. The van der Waals surface area contributed by atoms with E-state index in [0.717, 1.165) is 12.0 Å². The summed E-state index contributed by atoms with van der Waals surface area (Å²) in [5.74, 6) is 2.47. The molecule has 0 aromatic heterocycles. The van der Waals surface area contributed by atoms with E-state index in [4.69, 9.17) is 6.42 Å². The number of hydrogen-bond acceptors (Lipinski definition) is 2. The zero-order valence-corrected chi connectivity index (χ0v) is 10.2. The fourth-order valence-electron chi connectivity index (χ4n) is 1.56. The van der Waals surface area contributed by atoms with Crippen molar-refractivity contribution in [1.29, 1.82) is 0 Å². The van der Waals surface area contributed by atoms with E-state index in [1.54, 1.807) is 24.0 Å². The van der Waals surface area contributed by atoms with Crippen LogP contribution in [0, 0.1) is 19.3 Å². The van der Waals surface area contributed by atoms with Crippen LogP contribution in [-0.4, -0.2) is 29.0 Å². The maximum Gasteiger partial charge on any atom is 0.254 e. The summed E-state index contributed by atoms with van der Waals surface area (Å²) in [7, 11) is 0. The molecule has 1 N–H and O–H groups in total. The number of terminal acetylenes is 1. The minimum absolute atomic E-state index is 0.132. The first-order valence-corrected chi connectivity index (χ1v) is 5.62. The van der Waals surface area contributed by atoms with Gasteiger partial charge in [-0.25, -0.2) is 0 Å². The number of phenolic OH excluding ortho intramolecular Hbond substituents is 1. The molecule has 0 atom stereocenters. The summed E-state index contributed by atoms with van der Waals surface area (Å²) in [5.41, 5.74) is 1.22. The van der Waals surface area contributed by atoms with Crippen LogP contribution in [0.5, 0.6) is 5.75 Å². The van der Waals surface area contributed by atoms with E-state index in [1.807, 2.05) is 6.92 Å². The molecule has 0 saturated carbocycles. The quantitative estimate of drug-likeness (QED) is 0.807. The Hall–Kier alpha value is -1.95. The highest BCUT2D eigenvalue weighted by molar-refractivity contribution is 5.94. The summed E-state index contributed by atoms with van der Waals surface area (Å²) < 4.78 is 0. The molecule has 0 spiro atoms. The summed E-state index contributed by atoms with van der Waals surface area (Å²) in [6, 6.07) is 4.91. The molecule has 0 aliphatic rings. The maximum atomic E-state index is 12.1. The van der Waals surface area contributed by atoms with Crippen molar-refractivity contribution in [3.8, 4) is 18.1 Å². The third-order valence-electron chi connectivity index (χ3n) is 2.52. The predicted molar refractivity (Wildman–Crippen MR) is 67.9 cm³/mol. The largest absolute Gasteiger partial charge is 0.508 e. The van der Waals surface area contributed by atoms with Gasteiger partial charge in [0.1, 0.15) is 5.75 Å². The van der Waals surface area contributed by atoms with E-state index in [-0.39, 0.29) is 11.7 Å². The SMILES string of the molecule is C#CCN(CCC)C(=O)c1ccc(C)c(O)c1. The van der Waals surface area contributed by atoms with Crippen LogP contribution in [0.3, 0.4) is 0 Å². The van der Waals surface area contributed by atoms with E-state index in [1.165, 1.54) is 6.07 Å². The van der Waals surface area contributed by atoms with Gasteiger partial charge in [0.05, 0.1) is 6.54 Å². The molecule has 3 heteroatoms. The molecule has 17 heavy (non-hydrogen) atoms. The zero-order chi connectivity index (χ0) is 12.8. The van der Waals surface area contributed by atoms with Crippen molar-refractivity contribution < 1.29 is 9.90 Å². The molecular weight excluding hydrogens is 214 g/mol. The number of hydrogen-bond donors (Lipinski definition) is 1. The van der Waals surface area contributed by atoms with Crippen molar-refractivity contribution in [3.05, 3.63) is 29.3 Å². The molecule has 0 bridgehead atoms. The van der Waals surface area contributed by atoms with Crippen LogP contribution in [0.15, 0.2) is 18.2 Å². The van der Waals surface area contributed by atoms with Gasteiger partial charge >= 0.3 is 0 Å². The van der Waals surface area contributed by atoms with Gasteiger partial charge in [0.2, 0.25) is 0 Å². The van der Waals surface area contributed by atoms with E-state index >= 15 is 0 Å². The van der Waals surface area contributed by atoms with Crippen LogP contribution < -0.4 is 0 Å². The molecule has 90 valence electrons. The number of phenols is 1. The molecule has 1 aromatic carbocycles. The van der Waals surface area contributed by atoms with Crippen LogP contribution in [0.1, 0.15) is 29.3 Å². The molecule has 0 fully saturated rings. The Bertz CT molecular complexity index is 446. The number of amides is 1. The molecule has 0 unspecified atom stereocenters. The summed E-state index contributed by atoms with van der Waals surface area (Å²) >= 11 is 0. The topological polar surface area (TPSA) is 40.5 Å². The van der Waals surface area contributed by atoms with Crippen molar-refractivity contribution in [2.45, 2.75) is 20.3 Å². The van der Waals surface area contributed by atoms with Gasteiger partial charge in [-0.05, 0) is 31.0 Å². The molecule has 0 radical (unpaired) electrons. The average molecular weight is 231 g/mol. The van der Waals surface area contributed by atoms with Crippen LogP contribution in [0.4, 0.5) is 0 Å². The molecule has 1 rings (SSSR count). The highest BCUT2D eigenvalue weighted by atomic mass is 16.3. The van der Waals surface area contributed by atoms with Crippen molar-refractivity contribution in [3.63, 3.8) is 0 Å². The van der Waals surface area contributed by atoms with Gasteiger partial charge in [-0.15, -0.1) is 6.42 Å². The highest BCUT2D eigenvalue weighted by Crippen LogP contribution is 2.18. The second kappa shape index (κ2) is 5.95. The second-order valence-corrected chi connectivity index (χ2v) is 3.93. The van der Waals surface area contributed by atoms with Crippen molar-refractivity contribution in [2.75, 3.05) is 13.1 Å². The maximum absolute atomic E-state index is 12.1. The Morgan fingerprint density at radius 3 is 2.76 bits per heavy atom. The Morgan fingerprint density at radius 2 is 2.24 bits per heavy atom. The standard InChI is InChI=1S/C14H17NO2/c1-4-8-15(9-5-2)14(17)12-7-6-11(3)13(16)10-12/h1,6-7,10,16H,5,8-9H2,2-3H3. The monoisotopic (exact) mass is 231 g/mol. The number of carbonyl (C=O) groups is 1. The van der Waals surface area contributed by atoms with E-state index in [2.05, 4.69) is 5.92 Å². The molecule has 1 amide bonds. The highest BCUT2D eigenvalue weighted by Gasteiger charge is 2.14. The summed E-state index contributed by atoms with van der Waals surface area (Å²) in [6.45, 7) is 4.69. The Morgan fingerprint density at radius 1 is 1.53 bits per heavy atom. The number of aryl methyl sites for hydroxylation is 1. The van der Waals surface area contributed by atoms with Crippen molar-refractivity contribution in [1.82, 2.24) is 4.90 Å². The van der Waals surface area contributed by atoms with Gasteiger partial charge in [0.25, 0.3) is 5.91 Å².